The van der Waals surface area contributed by atoms with E-state index in [2.05, 4.69) is 12.2 Å². The lowest BCUT2D eigenvalue weighted by Gasteiger charge is -2.41. The molecule has 0 bridgehead atoms. The Hall–Kier alpha value is -2.82. The SMILES string of the molecule is CCCCN1C(=O)CC[C@H](C(=O)Nc2ccccc2)[C@@H]1c1ccccc1OC. The molecule has 1 N–H and O–H groups in total. The Labute approximate surface area is 166 Å². The van der Waals surface area contributed by atoms with Crippen LogP contribution in [0.4, 0.5) is 5.69 Å². The fourth-order valence-corrected chi connectivity index (χ4v) is 3.87. The molecule has 5 nitrogen and oxygen atoms in total. The second-order valence-electron chi connectivity index (χ2n) is 7.13. The molecule has 0 unspecified atom stereocenters. The zero-order valence-electron chi connectivity index (χ0n) is 16.6. The predicted molar refractivity (Wildman–Crippen MR) is 110 cm³/mol. The van der Waals surface area contributed by atoms with Crippen LogP contribution in [0, 0.1) is 5.92 Å². The lowest BCUT2D eigenvalue weighted by atomic mass is 9.83. The molecule has 1 saturated heterocycles. The third-order valence-electron chi connectivity index (χ3n) is 5.29. The van der Waals surface area contributed by atoms with Crippen LogP contribution >= 0.6 is 0 Å². The standard InChI is InChI=1S/C23H28N2O3/c1-3-4-16-25-21(26)15-14-19(23(27)24-17-10-6-5-7-11-17)22(25)18-12-8-9-13-20(18)28-2/h5-13,19,22H,3-4,14-16H2,1-2H3,(H,24,27)/t19-,22-/m0/s1. The van der Waals surface area contributed by atoms with Crippen LogP contribution in [0.2, 0.25) is 0 Å². The largest absolute Gasteiger partial charge is 0.496 e. The first-order valence-electron chi connectivity index (χ1n) is 9.94. The van der Waals surface area contributed by atoms with Gasteiger partial charge in [-0.15, -0.1) is 0 Å². The summed E-state index contributed by atoms with van der Waals surface area (Å²) in [7, 11) is 1.62. The maximum Gasteiger partial charge on any atom is 0.229 e. The Morgan fingerprint density at radius 2 is 1.86 bits per heavy atom. The normalized spacial score (nSPS) is 19.4. The smallest absolute Gasteiger partial charge is 0.229 e. The summed E-state index contributed by atoms with van der Waals surface area (Å²) in [5, 5.41) is 3.02. The summed E-state index contributed by atoms with van der Waals surface area (Å²) in [4.78, 5) is 27.8. The van der Waals surface area contributed by atoms with Gasteiger partial charge in [0.25, 0.3) is 0 Å². The summed E-state index contributed by atoms with van der Waals surface area (Å²) in [6, 6.07) is 16.8. The first kappa shape index (κ1) is 19.9. The third-order valence-corrected chi connectivity index (χ3v) is 5.29. The summed E-state index contributed by atoms with van der Waals surface area (Å²) in [6.07, 6.45) is 2.82. The number of anilines is 1. The van der Waals surface area contributed by atoms with Gasteiger partial charge in [0.05, 0.1) is 19.1 Å². The maximum absolute atomic E-state index is 13.2. The topological polar surface area (TPSA) is 58.6 Å². The number of benzene rings is 2. The number of para-hydroxylation sites is 2. The van der Waals surface area contributed by atoms with Crippen LogP contribution in [-0.4, -0.2) is 30.4 Å². The van der Waals surface area contributed by atoms with E-state index in [1.807, 2.05) is 59.5 Å². The Morgan fingerprint density at radius 3 is 2.57 bits per heavy atom. The zero-order valence-corrected chi connectivity index (χ0v) is 16.6. The van der Waals surface area contributed by atoms with E-state index in [0.717, 1.165) is 24.1 Å². The van der Waals surface area contributed by atoms with Gasteiger partial charge in [0.15, 0.2) is 0 Å². The van der Waals surface area contributed by atoms with Crippen molar-refractivity contribution in [1.82, 2.24) is 4.90 Å². The molecule has 148 valence electrons. The molecule has 0 spiro atoms. The number of piperidine rings is 1. The van der Waals surface area contributed by atoms with Crippen molar-refractivity contribution in [1.29, 1.82) is 0 Å². The molecule has 2 atom stereocenters. The number of rotatable bonds is 7. The Bertz CT molecular complexity index is 807. The van der Waals surface area contributed by atoms with Crippen LogP contribution < -0.4 is 10.1 Å². The van der Waals surface area contributed by atoms with Gasteiger partial charge < -0.3 is 15.0 Å². The van der Waals surface area contributed by atoms with E-state index in [1.165, 1.54) is 0 Å². The van der Waals surface area contributed by atoms with Crippen LogP contribution in [-0.2, 0) is 9.59 Å². The van der Waals surface area contributed by atoms with E-state index >= 15 is 0 Å². The molecular formula is C23H28N2O3. The lowest BCUT2D eigenvalue weighted by molar-refractivity contribution is -0.142. The van der Waals surface area contributed by atoms with Crippen molar-refractivity contribution in [2.24, 2.45) is 5.92 Å². The first-order chi connectivity index (χ1) is 13.7. The number of ether oxygens (including phenoxy) is 1. The van der Waals surface area contributed by atoms with Crippen LogP contribution in [0.15, 0.2) is 54.6 Å². The number of hydrogen-bond donors (Lipinski definition) is 1. The molecule has 0 saturated carbocycles. The van der Waals surface area contributed by atoms with E-state index in [9.17, 15) is 9.59 Å². The summed E-state index contributed by atoms with van der Waals surface area (Å²) in [6.45, 7) is 2.75. The van der Waals surface area contributed by atoms with Crippen LogP contribution in [0.3, 0.4) is 0 Å². The van der Waals surface area contributed by atoms with Crippen molar-refractivity contribution in [3.05, 3.63) is 60.2 Å². The molecule has 2 aromatic carbocycles. The maximum atomic E-state index is 13.2. The van der Waals surface area contributed by atoms with Gasteiger partial charge in [0, 0.05) is 24.2 Å². The van der Waals surface area contributed by atoms with E-state index in [-0.39, 0.29) is 23.8 Å². The summed E-state index contributed by atoms with van der Waals surface area (Å²) in [5.41, 5.74) is 1.66. The number of amides is 2. The van der Waals surface area contributed by atoms with Crippen molar-refractivity contribution in [3.8, 4) is 5.75 Å². The Balaban J connectivity index is 1.96. The zero-order chi connectivity index (χ0) is 19.9. The van der Waals surface area contributed by atoms with Crippen LogP contribution in [0.25, 0.3) is 0 Å². The first-order valence-corrected chi connectivity index (χ1v) is 9.94. The predicted octanol–water partition coefficient (Wildman–Crippen LogP) is 4.41. The Kier molecular flexibility index (Phi) is 6.69. The molecule has 5 heteroatoms. The van der Waals surface area contributed by atoms with Gasteiger partial charge in [-0.2, -0.15) is 0 Å². The van der Waals surface area contributed by atoms with E-state index in [4.69, 9.17) is 4.74 Å². The number of nitrogens with zero attached hydrogens (tertiary/aromatic N) is 1. The second kappa shape index (κ2) is 9.40. The minimum Gasteiger partial charge on any atom is -0.496 e. The van der Waals surface area contributed by atoms with Gasteiger partial charge in [-0.3, -0.25) is 9.59 Å². The average Bonchev–Trinajstić information content (AvgIpc) is 2.73. The molecule has 3 rings (SSSR count). The molecule has 1 heterocycles. The molecule has 2 aromatic rings. The number of nitrogens with one attached hydrogen (secondary N) is 1. The molecule has 0 radical (unpaired) electrons. The van der Waals surface area contributed by atoms with Gasteiger partial charge in [-0.25, -0.2) is 0 Å². The van der Waals surface area contributed by atoms with E-state index in [1.54, 1.807) is 7.11 Å². The molecule has 28 heavy (non-hydrogen) atoms. The summed E-state index contributed by atoms with van der Waals surface area (Å²) < 4.78 is 5.56. The van der Waals surface area contributed by atoms with Gasteiger partial charge in [-0.1, -0.05) is 49.7 Å². The number of likely N-dealkylation sites (tertiary alicyclic amines) is 1. The van der Waals surface area contributed by atoms with Crippen molar-refractivity contribution in [2.45, 2.75) is 38.6 Å². The van der Waals surface area contributed by atoms with E-state index in [0.29, 0.717) is 25.1 Å². The quantitative estimate of drug-likeness (QED) is 0.774. The van der Waals surface area contributed by atoms with Crippen molar-refractivity contribution < 1.29 is 14.3 Å². The van der Waals surface area contributed by atoms with Crippen molar-refractivity contribution in [2.75, 3.05) is 19.0 Å². The third kappa shape index (κ3) is 4.35. The monoisotopic (exact) mass is 380 g/mol. The highest BCUT2D eigenvalue weighted by atomic mass is 16.5. The molecule has 1 aliphatic rings. The number of methoxy groups -OCH3 is 1. The fourth-order valence-electron chi connectivity index (χ4n) is 3.87. The molecule has 2 amide bonds. The molecular weight excluding hydrogens is 352 g/mol. The molecule has 0 aromatic heterocycles. The van der Waals surface area contributed by atoms with E-state index < -0.39 is 0 Å². The van der Waals surface area contributed by atoms with Crippen LogP contribution in [0.1, 0.15) is 44.2 Å². The number of unbranched alkanes of at least 4 members (excludes halogenated alkanes) is 1. The summed E-state index contributed by atoms with van der Waals surface area (Å²) >= 11 is 0. The van der Waals surface area contributed by atoms with Gasteiger partial charge in [-0.05, 0) is 31.0 Å². The highest BCUT2D eigenvalue weighted by Gasteiger charge is 2.41. The number of carbonyl (C=O) groups excluding carboxylic acids is 2. The second-order valence-corrected chi connectivity index (χ2v) is 7.13. The average molecular weight is 380 g/mol. The van der Waals surface area contributed by atoms with Gasteiger partial charge in [0.2, 0.25) is 11.8 Å². The van der Waals surface area contributed by atoms with Gasteiger partial charge in [0.1, 0.15) is 5.75 Å². The fraction of sp³-hybridized carbons (Fsp3) is 0.391. The highest BCUT2D eigenvalue weighted by Crippen LogP contribution is 2.41. The van der Waals surface area contributed by atoms with Crippen molar-refractivity contribution >= 4 is 17.5 Å². The molecule has 1 aliphatic heterocycles. The molecule has 0 aliphatic carbocycles. The minimum absolute atomic E-state index is 0.0592. The van der Waals surface area contributed by atoms with Gasteiger partial charge >= 0.3 is 0 Å². The Morgan fingerprint density at radius 1 is 1.14 bits per heavy atom. The lowest BCUT2D eigenvalue weighted by Crippen LogP contribution is -2.47. The molecule has 1 fully saturated rings. The summed E-state index contributed by atoms with van der Waals surface area (Å²) in [5.74, 6) is 0.427. The van der Waals surface area contributed by atoms with Crippen molar-refractivity contribution in [3.63, 3.8) is 0 Å². The highest BCUT2D eigenvalue weighted by molar-refractivity contribution is 5.94. The van der Waals surface area contributed by atoms with Crippen LogP contribution in [0.5, 0.6) is 5.75 Å². The number of carbonyl (C=O) groups is 2. The minimum atomic E-state index is -0.328. The number of hydrogen-bond acceptors (Lipinski definition) is 3.